The van der Waals surface area contributed by atoms with Gasteiger partial charge in [0.2, 0.25) is 0 Å². The van der Waals surface area contributed by atoms with Gasteiger partial charge in [-0.1, -0.05) is 63.7 Å². The number of fused-ring (bicyclic) bond motifs is 1. The number of aromatic carboxylic acids is 1. The minimum atomic E-state index is -0.916. The van der Waals surface area contributed by atoms with Crippen molar-refractivity contribution in [3.05, 3.63) is 77.4 Å². The van der Waals surface area contributed by atoms with E-state index in [1.807, 2.05) is 6.07 Å². The fourth-order valence-electron chi connectivity index (χ4n) is 5.10. The second kappa shape index (κ2) is 8.65. The molecular weight excluding hydrogens is 372 g/mol. The SMILES string of the molecule is C=C(c1cccc(C(=O)O)c1)N(C)[C@H]1C(N(C)CC)Cc2ccccc2[C@@]1(C)CC. The van der Waals surface area contributed by atoms with Crippen LogP contribution < -0.4 is 0 Å². The molecule has 2 aromatic rings. The highest BCUT2D eigenvalue weighted by Gasteiger charge is 2.47. The predicted octanol–water partition coefficient (Wildman–Crippen LogP) is 4.90. The van der Waals surface area contributed by atoms with Crippen LogP contribution in [0.5, 0.6) is 0 Å². The smallest absolute Gasteiger partial charge is 0.335 e. The van der Waals surface area contributed by atoms with Gasteiger partial charge in [0.05, 0.1) is 11.6 Å². The van der Waals surface area contributed by atoms with Gasteiger partial charge in [-0.25, -0.2) is 4.79 Å². The Balaban J connectivity index is 2.08. The summed E-state index contributed by atoms with van der Waals surface area (Å²) in [6, 6.07) is 16.4. The number of nitrogens with zero attached hydrogens (tertiary/aromatic N) is 2. The quantitative estimate of drug-likeness (QED) is 0.710. The minimum Gasteiger partial charge on any atom is -0.478 e. The molecule has 0 heterocycles. The van der Waals surface area contributed by atoms with E-state index in [1.54, 1.807) is 18.2 Å². The molecule has 0 spiro atoms. The van der Waals surface area contributed by atoms with Gasteiger partial charge in [-0.2, -0.15) is 0 Å². The van der Waals surface area contributed by atoms with E-state index in [0.29, 0.717) is 6.04 Å². The molecule has 30 heavy (non-hydrogen) atoms. The molecule has 4 heteroatoms. The molecule has 2 aromatic carbocycles. The fourth-order valence-corrected chi connectivity index (χ4v) is 5.10. The lowest BCUT2D eigenvalue weighted by atomic mass is 9.63. The number of benzene rings is 2. The third-order valence-electron chi connectivity index (χ3n) is 7.16. The Morgan fingerprint density at radius 3 is 2.43 bits per heavy atom. The van der Waals surface area contributed by atoms with E-state index in [4.69, 9.17) is 0 Å². The second-order valence-electron chi connectivity index (χ2n) is 8.66. The molecule has 0 saturated carbocycles. The summed E-state index contributed by atoms with van der Waals surface area (Å²) in [5.41, 5.74) is 4.79. The fraction of sp³-hybridized carbons (Fsp3) is 0.423. The topological polar surface area (TPSA) is 43.8 Å². The van der Waals surface area contributed by atoms with E-state index in [0.717, 1.165) is 30.6 Å². The van der Waals surface area contributed by atoms with Crippen molar-refractivity contribution in [1.82, 2.24) is 9.80 Å². The van der Waals surface area contributed by atoms with Crippen LogP contribution in [-0.4, -0.2) is 53.6 Å². The zero-order valence-corrected chi connectivity index (χ0v) is 18.9. The Morgan fingerprint density at radius 2 is 1.80 bits per heavy atom. The van der Waals surface area contributed by atoms with Gasteiger partial charge in [0.15, 0.2) is 0 Å². The van der Waals surface area contributed by atoms with Crippen LogP contribution in [0.2, 0.25) is 0 Å². The maximum absolute atomic E-state index is 11.5. The molecule has 3 atom stereocenters. The Morgan fingerprint density at radius 1 is 1.13 bits per heavy atom. The van der Waals surface area contributed by atoms with Crippen molar-refractivity contribution in [2.24, 2.45) is 0 Å². The summed E-state index contributed by atoms with van der Waals surface area (Å²) in [6.07, 6.45) is 2.00. The highest BCUT2D eigenvalue weighted by Crippen LogP contribution is 2.44. The van der Waals surface area contributed by atoms with Crippen LogP contribution in [0.3, 0.4) is 0 Å². The van der Waals surface area contributed by atoms with E-state index in [-0.39, 0.29) is 17.0 Å². The number of likely N-dealkylation sites (N-methyl/N-ethyl adjacent to an activating group) is 2. The number of rotatable bonds is 7. The first-order chi connectivity index (χ1) is 14.2. The van der Waals surface area contributed by atoms with Crippen LogP contribution in [-0.2, 0) is 11.8 Å². The van der Waals surface area contributed by atoms with Crippen molar-refractivity contribution >= 4 is 11.7 Å². The van der Waals surface area contributed by atoms with Gasteiger partial charge in [0.1, 0.15) is 0 Å². The Hall–Kier alpha value is -2.59. The summed E-state index contributed by atoms with van der Waals surface area (Å²) in [7, 11) is 4.31. The normalized spacial score (nSPS) is 23.1. The van der Waals surface area contributed by atoms with Crippen LogP contribution in [0, 0.1) is 0 Å². The van der Waals surface area contributed by atoms with Crippen molar-refractivity contribution in [2.75, 3.05) is 20.6 Å². The maximum atomic E-state index is 11.5. The van der Waals surface area contributed by atoms with Crippen LogP contribution >= 0.6 is 0 Å². The van der Waals surface area contributed by atoms with E-state index in [2.05, 4.69) is 75.5 Å². The number of carboxylic acid groups (broad SMARTS) is 1. The van der Waals surface area contributed by atoms with Gasteiger partial charge in [0.25, 0.3) is 0 Å². The highest BCUT2D eigenvalue weighted by molar-refractivity contribution is 5.88. The third-order valence-corrected chi connectivity index (χ3v) is 7.16. The highest BCUT2D eigenvalue weighted by atomic mass is 16.4. The second-order valence-corrected chi connectivity index (χ2v) is 8.66. The van der Waals surface area contributed by atoms with Crippen molar-refractivity contribution < 1.29 is 9.90 Å². The summed E-state index contributed by atoms with van der Waals surface area (Å²) >= 11 is 0. The Bertz CT molecular complexity index is 938. The molecule has 0 bridgehead atoms. The van der Waals surface area contributed by atoms with Gasteiger partial charge < -0.3 is 14.9 Å². The molecule has 0 aliphatic heterocycles. The molecule has 0 amide bonds. The molecule has 1 N–H and O–H groups in total. The van der Waals surface area contributed by atoms with Crippen molar-refractivity contribution in [3.63, 3.8) is 0 Å². The van der Waals surface area contributed by atoms with E-state index in [1.165, 1.54) is 11.1 Å². The zero-order chi connectivity index (χ0) is 22.1. The minimum absolute atomic E-state index is 0.0506. The lowest BCUT2D eigenvalue weighted by Crippen LogP contribution is -2.61. The van der Waals surface area contributed by atoms with Crippen LogP contribution in [0.15, 0.2) is 55.1 Å². The molecule has 1 aliphatic rings. The Labute approximate surface area is 180 Å². The van der Waals surface area contributed by atoms with Crippen molar-refractivity contribution in [3.8, 4) is 0 Å². The average Bonchev–Trinajstić information content (AvgIpc) is 2.77. The summed E-state index contributed by atoms with van der Waals surface area (Å²) in [6.45, 7) is 12.2. The van der Waals surface area contributed by atoms with E-state index in [9.17, 15) is 9.90 Å². The molecule has 0 fully saturated rings. The number of carbonyl (C=O) groups is 1. The van der Waals surface area contributed by atoms with Crippen molar-refractivity contribution in [1.29, 1.82) is 0 Å². The molecule has 1 unspecified atom stereocenters. The zero-order valence-electron chi connectivity index (χ0n) is 18.9. The summed E-state index contributed by atoms with van der Waals surface area (Å²) in [5, 5.41) is 9.41. The summed E-state index contributed by atoms with van der Waals surface area (Å²) < 4.78 is 0. The molecule has 0 saturated heterocycles. The monoisotopic (exact) mass is 406 g/mol. The summed E-state index contributed by atoms with van der Waals surface area (Å²) in [4.78, 5) is 16.2. The van der Waals surface area contributed by atoms with Crippen LogP contribution in [0.4, 0.5) is 0 Å². The molecule has 0 radical (unpaired) electrons. The molecule has 0 aromatic heterocycles. The largest absolute Gasteiger partial charge is 0.478 e. The van der Waals surface area contributed by atoms with Crippen molar-refractivity contribution in [2.45, 2.75) is 51.1 Å². The number of carboxylic acids is 1. The molecule has 1 aliphatic carbocycles. The molecule has 3 rings (SSSR count). The number of hydrogen-bond donors (Lipinski definition) is 1. The lowest BCUT2D eigenvalue weighted by Gasteiger charge is -2.54. The van der Waals surface area contributed by atoms with Gasteiger partial charge >= 0.3 is 5.97 Å². The number of hydrogen-bond acceptors (Lipinski definition) is 3. The lowest BCUT2D eigenvalue weighted by molar-refractivity contribution is 0.0696. The Kier molecular flexibility index (Phi) is 6.37. The van der Waals surface area contributed by atoms with Gasteiger partial charge in [0, 0.05) is 24.2 Å². The van der Waals surface area contributed by atoms with Crippen LogP contribution in [0.1, 0.15) is 54.2 Å². The first-order valence-electron chi connectivity index (χ1n) is 10.8. The van der Waals surface area contributed by atoms with E-state index < -0.39 is 5.97 Å². The molecule has 160 valence electrons. The predicted molar refractivity (Wildman–Crippen MR) is 124 cm³/mol. The van der Waals surface area contributed by atoms with Crippen LogP contribution in [0.25, 0.3) is 5.70 Å². The maximum Gasteiger partial charge on any atom is 0.335 e. The van der Waals surface area contributed by atoms with Gasteiger partial charge in [-0.05, 0) is 55.3 Å². The molecule has 4 nitrogen and oxygen atoms in total. The third kappa shape index (κ3) is 3.77. The average molecular weight is 407 g/mol. The first kappa shape index (κ1) is 22.1. The van der Waals surface area contributed by atoms with Gasteiger partial charge in [-0.3, -0.25) is 0 Å². The summed E-state index contributed by atoms with van der Waals surface area (Å²) in [5.74, 6) is -0.916. The van der Waals surface area contributed by atoms with E-state index >= 15 is 0 Å². The van der Waals surface area contributed by atoms with Gasteiger partial charge in [-0.15, -0.1) is 0 Å². The standard InChI is InChI=1S/C26H34N2O2/c1-7-26(4)22-15-10-9-12-20(22)17-23(27(5)8-2)24(26)28(6)18(3)19-13-11-14-21(16-19)25(29)30/h9-16,23-24H,3,7-8,17H2,1-2,4-6H3,(H,29,30)/t23?,24-,26+/m0/s1. The first-order valence-corrected chi connectivity index (χ1v) is 10.8. The molecular formula is C26H34N2O2.